The van der Waals surface area contributed by atoms with Crippen LogP contribution in [0.15, 0.2) is 4.52 Å². The Labute approximate surface area is 77.1 Å². The molecule has 1 aromatic heterocycles. The molecular weight excluding hydrogens is 168 g/mol. The molecule has 1 aromatic rings. The molecule has 0 saturated carbocycles. The first-order valence-corrected chi connectivity index (χ1v) is 4.49. The van der Waals surface area contributed by atoms with Gasteiger partial charge in [-0.25, -0.2) is 0 Å². The molecule has 0 atom stereocenters. The van der Waals surface area contributed by atoms with E-state index < -0.39 is 0 Å². The Morgan fingerprint density at radius 2 is 2.23 bits per heavy atom. The summed E-state index contributed by atoms with van der Waals surface area (Å²) < 4.78 is 5.05. The molecule has 1 aliphatic rings. The SMILES string of the molecule is Cc1noc(C)c1CN1CC(O)C1. The van der Waals surface area contributed by atoms with E-state index in [4.69, 9.17) is 9.63 Å². The average molecular weight is 182 g/mol. The Kier molecular flexibility index (Phi) is 2.09. The van der Waals surface area contributed by atoms with Gasteiger partial charge in [0.05, 0.1) is 11.8 Å². The summed E-state index contributed by atoms with van der Waals surface area (Å²) in [5.74, 6) is 0.888. The second-order valence-electron chi connectivity index (χ2n) is 3.65. The lowest BCUT2D eigenvalue weighted by molar-refractivity contribution is -0.00318. The minimum absolute atomic E-state index is 0.138. The van der Waals surface area contributed by atoms with Crippen molar-refractivity contribution >= 4 is 0 Å². The van der Waals surface area contributed by atoms with Gasteiger partial charge in [0.2, 0.25) is 0 Å². The third-order valence-electron chi connectivity index (χ3n) is 2.50. The van der Waals surface area contributed by atoms with Gasteiger partial charge in [0, 0.05) is 25.2 Å². The minimum atomic E-state index is -0.138. The first-order valence-electron chi connectivity index (χ1n) is 4.49. The first-order chi connectivity index (χ1) is 6.16. The molecule has 0 amide bonds. The lowest BCUT2D eigenvalue weighted by Crippen LogP contribution is -2.49. The molecule has 4 heteroatoms. The molecule has 13 heavy (non-hydrogen) atoms. The lowest BCUT2D eigenvalue weighted by Gasteiger charge is -2.35. The van der Waals surface area contributed by atoms with E-state index in [1.54, 1.807) is 0 Å². The second-order valence-corrected chi connectivity index (χ2v) is 3.65. The van der Waals surface area contributed by atoms with E-state index in [0.29, 0.717) is 0 Å². The minimum Gasteiger partial charge on any atom is -0.390 e. The first kappa shape index (κ1) is 8.72. The summed E-state index contributed by atoms with van der Waals surface area (Å²) in [6, 6.07) is 0. The van der Waals surface area contributed by atoms with Gasteiger partial charge in [-0.1, -0.05) is 5.16 Å². The predicted molar refractivity (Wildman–Crippen MR) is 47.3 cm³/mol. The van der Waals surface area contributed by atoms with Gasteiger partial charge in [-0.05, 0) is 13.8 Å². The summed E-state index contributed by atoms with van der Waals surface area (Å²) in [4.78, 5) is 2.18. The number of aryl methyl sites for hydroxylation is 2. The van der Waals surface area contributed by atoms with Gasteiger partial charge in [0.15, 0.2) is 0 Å². The van der Waals surface area contributed by atoms with E-state index in [2.05, 4.69) is 10.1 Å². The van der Waals surface area contributed by atoms with Crippen LogP contribution in [0.1, 0.15) is 17.0 Å². The molecule has 1 N–H and O–H groups in total. The van der Waals surface area contributed by atoms with Crippen LogP contribution in [0.5, 0.6) is 0 Å². The molecule has 0 aliphatic carbocycles. The van der Waals surface area contributed by atoms with Crippen LogP contribution in [0.2, 0.25) is 0 Å². The van der Waals surface area contributed by atoms with E-state index in [1.165, 1.54) is 0 Å². The number of rotatable bonds is 2. The summed E-state index contributed by atoms with van der Waals surface area (Å²) >= 11 is 0. The predicted octanol–water partition coefficient (Wildman–Crippen LogP) is 0.468. The topological polar surface area (TPSA) is 49.5 Å². The molecule has 4 nitrogen and oxygen atoms in total. The zero-order valence-electron chi connectivity index (χ0n) is 7.95. The maximum Gasteiger partial charge on any atom is 0.138 e. The van der Waals surface area contributed by atoms with Crippen molar-refractivity contribution in [3.8, 4) is 0 Å². The van der Waals surface area contributed by atoms with Gasteiger partial charge >= 0.3 is 0 Å². The summed E-state index contributed by atoms with van der Waals surface area (Å²) in [6.07, 6.45) is -0.138. The van der Waals surface area contributed by atoms with Gasteiger partial charge in [0.1, 0.15) is 5.76 Å². The van der Waals surface area contributed by atoms with Crippen LogP contribution in [0, 0.1) is 13.8 Å². The van der Waals surface area contributed by atoms with Gasteiger partial charge in [-0.15, -0.1) is 0 Å². The lowest BCUT2D eigenvalue weighted by atomic mass is 10.1. The van der Waals surface area contributed by atoms with E-state index in [1.807, 2.05) is 13.8 Å². The van der Waals surface area contributed by atoms with E-state index >= 15 is 0 Å². The Balaban J connectivity index is 2.01. The fourth-order valence-corrected chi connectivity index (χ4v) is 1.62. The van der Waals surface area contributed by atoms with Gasteiger partial charge < -0.3 is 9.63 Å². The zero-order valence-corrected chi connectivity index (χ0v) is 7.95. The Morgan fingerprint density at radius 1 is 1.54 bits per heavy atom. The van der Waals surface area contributed by atoms with Crippen molar-refractivity contribution < 1.29 is 9.63 Å². The van der Waals surface area contributed by atoms with E-state index in [0.717, 1.165) is 36.7 Å². The third-order valence-corrected chi connectivity index (χ3v) is 2.50. The van der Waals surface area contributed by atoms with Crippen molar-refractivity contribution in [3.63, 3.8) is 0 Å². The Morgan fingerprint density at radius 3 is 2.69 bits per heavy atom. The molecule has 2 rings (SSSR count). The molecule has 2 heterocycles. The molecule has 0 radical (unpaired) electrons. The molecule has 1 fully saturated rings. The van der Waals surface area contributed by atoms with Gasteiger partial charge in [-0.3, -0.25) is 4.90 Å². The molecular formula is C9H14N2O2. The standard InChI is InChI=1S/C9H14N2O2/c1-6-9(7(2)13-10-6)5-11-3-8(12)4-11/h8,12H,3-5H2,1-2H3. The van der Waals surface area contributed by atoms with E-state index in [-0.39, 0.29) is 6.10 Å². The van der Waals surface area contributed by atoms with Crippen molar-refractivity contribution in [2.45, 2.75) is 26.5 Å². The van der Waals surface area contributed by atoms with Crippen LogP contribution in [-0.4, -0.2) is 34.4 Å². The summed E-state index contributed by atoms with van der Waals surface area (Å²) in [5.41, 5.74) is 2.12. The molecule has 0 spiro atoms. The van der Waals surface area contributed by atoms with Gasteiger partial charge in [0.25, 0.3) is 0 Å². The van der Waals surface area contributed by atoms with Crippen molar-refractivity contribution in [1.82, 2.24) is 10.1 Å². The number of aliphatic hydroxyl groups excluding tert-OH is 1. The van der Waals surface area contributed by atoms with Crippen molar-refractivity contribution in [3.05, 3.63) is 17.0 Å². The highest BCUT2D eigenvalue weighted by Gasteiger charge is 2.25. The van der Waals surface area contributed by atoms with Crippen LogP contribution in [0.3, 0.4) is 0 Å². The number of likely N-dealkylation sites (tertiary alicyclic amines) is 1. The van der Waals surface area contributed by atoms with Crippen LogP contribution >= 0.6 is 0 Å². The molecule has 1 saturated heterocycles. The van der Waals surface area contributed by atoms with Crippen molar-refractivity contribution in [1.29, 1.82) is 0 Å². The maximum atomic E-state index is 9.10. The average Bonchev–Trinajstić information content (AvgIpc) is 2.32. The Hall–Kier alpha value is -0.870. The largest absolute Gasteiger partial charge is 0.390 e. The van der Waals surface area contributed by atoms with Crippen LogP contribution in [0.25, 0.3) is 0 Å². The third kappa shape index (κ3) is 1.59. The zero-order chi connectivity index (χ0) is 9.42. The smallest absolute Gasteiger partial charge is 0.138 e. The van der Waals surface area contributed by atoms with Gasteiger partial charge in [-0.2, -0.15) is 0 Å². The normalized spacial score (nSPS) is 19.0. The fraction of sp³-hybridized carbons (Fsp3) is 0.667. The summed E-state index contributed by atoms with van der Waals surface area (Å²) in [6.45, 7) is 6.25. The molecule has 1 aliphatic heterocycles. The molecule has 72 valence electrons. The number of β-amino-alcohol motifs (C(OH)–C–C–N with tert-alkyl or cyclic N) is 1. The fourth-order valence-electron chi connectivity index (χ4n) is 1.62. The number of aromatic nitrogens is 1. The molecule has 0 unspecified atom stereocenters. The Bertz CT molecular complexity index is 283. The van der Waals surface area contributed by atoms with Crippen LogP contribution < -0.4 is 0 Å². The maximum absolute atomic E-state index is 9.10. The van der Waals surface area contributed by atoms with Crippen LogP contribution in [0.4, 0.5) is 0 Å². The highest BCUT2D eigenvalue weighted by Crippen LogP contribution is 2.18. The number of aliphatic hydroxyl groups is 1. The van der Waals surface area contributed by atoms with Crippen molar-refractivity contribution in [2.24, 2.45) is 0 Å². The number of hydrogen-bond acceptors (Lipinski definition) is 4. The summed E-state index contributed by atoms with van der Waals surface area (Å²) in [5, 5.41) is 13.0. The second kappa shape index (κ2) is 3.12. The van der Waals surface area contributed by atoms with E-state index in [9.17, 15) is 0 Å². The highest BCUT2D eigenvalue weighted by atomic mass is 16.5. The quantitative estimate of drug-likeness (QED) is 0.722. The monoisotopic (exact) mass is 182 g/mol. The number of hydrogen-bond donors (Lipinski definition) is 1. The van der Waals surface area contributed by atoms with Crippen molar-refractivity contribution in [2.75, 3.05) is 13.1 Å². The molecule has 0 bridgehead atoms. The highest BCUT2D eigenvalue weighted by molar-refractivity contribution is 5.20. The summed E-state index contributed by atoms with van der Waals surface area (Å²) in [7, 11) is 0. The molecule has 0 aromatic carbocycles. The number of nitrogens with zero attached hydrogens (tertiary/aromatic N) is 2. The van der Waals surface area contributed by atoms with Crippen LogP contribution in [-0.2, 0) is 6.54 Å².